The molecule has 0 saturated heterocycles. The highest BCUT2D eigenvalue weighted by molar-refractivity contribution is 5.82. The summed E-state index contributed by atoms with van der Waals surface area (Å²) in [5.74, 6) is 0.890. The Morgan fingerprint density at radius 2 is 2.05 bits per heavy atom. The van der Waals surface area contributed by atoms with Gasteiger partial charge in [0.25, 0.3) is 0 Å². The molecule has 0 amide bonds. The summed E-state index contributed by atoms with van der Waals surface area (Å²) in [6, 6.07) is 16.4. The van der Waals surface area contributed by atoms with Gasteiger partial charge in [-0.2, -0.15) is 0 Å². The number of fused-ring (bicyclic) bond motifs is 1. The fraction of sp³-hybridized carbons (Fsp3) is 0.111. The second-order valence-corrected chi connectivity index (χ2v) is 4.80. The van der Waals surface area contributed by atoms with E-state index in [-0.39, 0.29) is 0 Å². The molecule has 0 radical (unpaired) electrons. The van der Waals surface area contributed by atoms with Gasteiger partial charge in [0.1, 0.15) is 5.75 Å². The van der Waals surface area contributed by atoms with Crippen molar-refractivity contribution in [2.24, 2.45) is 0 Å². The lowest BCUT2D eigenvalue weighted by Crippen LogP contribution is -1.97. The lowest BCUT2D eigenvalue weighted by atomic mass is 10.2. The SMILES string of the molecule is COc1ccccc1C=CCNc1ccc2cc[nH]c2c1. The predicted molar refractivity (Wildman–Crippen MR) is 88.8 cm³/mol. The van der Waals surface area contributed by atoms with Crippen molar-refractivity contribution < 1.29 is 4.74 Å². The Balaban J connectivity index is 1.63. The molecule has 21 heavy (non-hydrogen) atoms. The number of nitrogens with one attached hydrogen (secondary N) is 2. The zero-order chi connectivity index (χ0) is 14.5. The number of benzene rings is 2. The first kappa shape index (κ1) is 13.3. The molecule has 0 spiro atoms. The first-order chi connectivity index (χ1) is 10.4. The second-order valence-electron chi connectivity index (χ2n) is 4.80. The van der Waals surface area contributed by atoms with E-state index in [4.69, 9.17) is 4.74 Å². The Labute approximate surface area is 124 Å². The van der Waals surface area contributed by atoms with Gasteiger partial charge in [0.2, 0.25) is 0 Å². The molecule has 0 aliphatic rings. The van der Waals surface area contributed by atoms with E-state index in [9.17, 15) is 0 Å². The molecule has 1 aromatic heterocycles. The molecule has 2 N–H and O–H groups in total. The molecule has 0 saturated carbocycles. The van der Waals surface area contributed by atoms with Crippen molar-refractivity contribution in [3.63, 3.8) is 0 Å². The summed E-state index contributed by atoms with van der Waals surface area (Å²) in [7, 11) is 1.69. The summed E-state index contributed by atoms with van der Waals surface area (Å²) in [4.78, 5) is 3.22. The third-order valence-corrected chi connectivity index (χ3v) is 3.42. The van der Waals surface area contributed by atoms with Gasteiger partial charge in [0.15, 0.2) is 0 Å². The minimum Gasteiger partial charge on any atom is -0.496 e. The number of hydrogen-bond acceptors (Lipinski definition) is 2. The number of rotatable bonds is 5. The second kappa shape index (κ2) is 6.18. The summed E-state index contributed by atoms with van der Waals surface area (Å²) in [5, 5.41) is 4.61. The summed E-state index contributed by atoms with van der Waals surface area (Å²) in [5.41, 5.74) is 3.34. The van der Waals surface area contributed by atoms with E-state index in [1.165, 1.54) is 5.39 Å². The number of para-hydroxylation sites is 1. The number of hydrogen-bond donors (Lipinski definition) is 2. The van der Waals surface area contributed by atoms with Crippen LogP contribution < -0.4 is 10.1 Å². The largest absolute Gasteiger partial charge is 0.496 e. The molecule has 106 valence electrons. The zero-order valence-electron chi connectivity index (χ0n) is 12.0. The van der Waals surface area contributed by atoms with Gasteiger partial charge in [-0.3, -0.25) is 0 Å². The van der Waals surface area contributed by atoms with Gasteiger partial charge in [-0.05, 0) is 29.7 Å². The highest BCUT2D eigenvalue weighted by atomic mass is 16.5. The lowest BCUT2D eigenvalue weighted by Gasteiger charge is -2.05. The maximum Gasteiger partial charge on any atom is 0.126 e. The van der Waals surface area contributed by atoms with Crippen LogP contribution in [0.2, 0.25) is 0 Å². The molecule has 3 aromatic rings. The average molecular weight is 278 g/mol. The van der Waals surface area contributed by atoms with Crippen molar-refractivity contribution in [1.82, 2.24) is 4.98 Å². The molecule has 2 aromatic carbocycles. The van der Waals surface area contributed by atoms with E-state index in [0.29, 0.717) is 0 Å². The van der Waals surface area contributed by atoms with Crippen LogP contribution in [-0.4, -0.2) is 18.6 Å². The van der Waals surface area contributed by atoms with E-state index < -0.39 is 0 Å². The molecule has 0 bridgehead atoms. The molecule has 0 unspecified atom stereocenters. The van der Waals surface area contributed by atoms with Crippen LogP contribution in [-0.2, 0) is 0 Å². The smallest absolute Gasteiger partial charge is 0.126 e. The molecule has 3 rings (SSSR count). The number of aromatic nitrogens is 1. The first-order valence-electron chi connectivity index (χ1n) is 6.97. The van der Waals surface area contributed by atoms with Crippen LogP contribution in [0, 0.1) is 0 Å². The van der Waals surface area contributed by atoms with E-state index in [2.05, 4.69) is 46.7 Å². The maximum atomic E-state index is 5.32. The average Bonchev–Trinajstić information content (AvgIpc) is 2.99. The van der Waals surface area contributed by atoms with E-state index in [0.717, 1.165) is 29.1 Å². The van der Waals surface area contributed by atoms with Gasteiger partial charge in [-0.1, -0.05) is 36.4 Å². The summed E-state index contributed by atoms with van der Waals surface area (Å²) in [6.45, 7) is 0.768. The van der Waals surface area contributed by atoms with Gasteiger partial charge in [0, 0.05) is 29.5 Å². The van der Waals surface area contributed by atoms with Gasteiger partial charge in [-0.25, -0.2) is 0 Å². The van der Waals surface area contributed by atoms with Gasteiger partial charge < -0.3 is 15.0 Å². The van der Waals surface area contributed by atoms with Crippen LogP contribution >= 0.6 is 0 Å². The van der Waals surface area contributed by atoms with Crippen LogP contribution in [0.4, 0.5) is 5.69 Å². The third-order valence-electron chi connectivity index (χ3n) is 3.42. The Hall–Kier alpha value is -2.68. The lowest BCUT2D eigenvalue weighted by molar-refractivity contribution is 0.414. The van der Waals surface area contributed by atoms with Crippen LogP contribution in [0.3, 0.4) is 0 Å². The number of ether oxygens (including phenoxy) is 1. The Kier molecular flexibility index (Phi) is 3.92. The van der Waals surface area contributed by atoms with Gasteiger partial charge in [-0.15, -0.1) is 0 Å². The summed E-state index contributed by atoms with van der Waals surface area (Å²) < 4.78 is 5.32. The molecular formula is C18H18N2O. The first-order valence-corrected chi connectivity index (χ1v) is 6.97. The molecule has 0 aliphatic carbocycles. The Morgan fingerprint density at radius 3 is 2.95 bits per heavy atom. The third kappa shape index (κ3) is 3.08. The molecule has 1 heterocycles. The fourth-order valence-electron chi connectivity index (χ4n) is 2.32. The summed E-state index contributed by atoms with van der Waals surface area (Å²) >= 11 is 0. The van der Waals surface area contributed by atoms with E-state index >= 15 is 0 Å². The number of H-pyrrole nitrogens is 1. The molecule has 3 heteroatoms. The van der Waals surface area contributed by atoms with Gasteiger partial charge >= 0.3 is 0 Å². The Bertz CT molecular complexity index is 759. The molecular weight excluding hydrogens is 260 g/mol. The number of methoxy groups -OCH3 is 1. The molecule has 3 nitrogen and oxygen atoms in total. The van der Waals surface area contributed by atoms with Crippen LogP contribution in [0.25, 0.3) is 17.0 Å². The van der Waals surface area contributed by atoms with Crippen LogP contribution in [0.1, 0.15) is 5.56 Å². The van der Waals surface area contributed by atoms with Crippen molar-refractivity contribution in [3.05, 3.63) is 66.4 Å². The van der Waals surface area contributed by atoms with Crippen molar-refractivity contribution in [2.75, 3.05) is 19.0 Å². The van der Waals surface area contributed by atoms with Crippen LogP contribution in [0.5, 0.6) is 5.75 Å². The monoisotopic (exact) mass is 278 g/mol. The minimum atomic E-state index is 0.768. The van der Waals surface area contributed by atoms with Gasteiger partial charge in [0.05, 0.1) is 7.11 Å². The highest BCUT2D eigenvalue weighted by Crippen LogP contribution is 2.19. The van der Waals surface area contributed by atoms with E-state index in [1.54, 1.807) is 7.11 Å². The van der Waals surface area contributed by atoms with Crippen molar-refractivity contribution in [3.8, 4) is 5.75 Å². The van der Waals surface area contributed by atoms with Crippen molar-refractivity contribution >= 4 is 22.7 Å². The van der Waals surface area contributed by atoms with Crippen molar-refractivity contribution in [2.45, 2.75) is 0 Å². The zero-order valence-corrected chi connectivity index (χ0v) is 12.0. The predicted octanol–water partition coefficient (Wildman–Crippen LogP) is 4.30. The topological polar surface area (TPSA) is 37.0 Å². The fourth-order valence-corrected chi connectivity index (χ4v) is 2.32. The molecule has 0 aliphatic heterocycles. The standard InChI is InChI=1S/C18H18N2O/c1-21-18-7-3-2-5-15(18)6-4-11-19-16-9-8-14-10-12-20-17(14)13-16/h2-10,12-13,19-20H,11H2,1H3. The normalized spacial score (nSPS) is 11.1. The van der Waals surface area contributed by atoms with Crippen LogP contribution in [0.15, 0.2) is 60.8 Å². The molecule has 0 atom stereocenters. The van der Waals surface area contributed by atoms with Crippen molar-refractivity contribution in [1.29, 1.82) is 0 Å². The summed E-state index contributed by atoms with van der Waals surface area (Å²) in [6.07, 6.45) is 6.12. The molecule has 0 fully saturated rings. The van der Waals surface area contributed by atoms with E-state index in [1.807, 2.05) is 30.5 Å². The maximum absolute atomic E-state index is 5.32. The number of anilines is 1. The highest BCUT2D eigenvalue weighted by Gasteiger charge is 1.97. The number of aromatic amines is 1. The Morgan fingerprint density at radius 1 is 1.14 bits per heavy atom. The quantitative estimate of drug-likeness (QED) is 0.730. The minimum absolute atomic E-state index is 0.768.